The van der Waals surface area contributed by atoms with Crippen molar-refractivity contribution in [3.05, 3.63) is 40.3 Å². The highest BCUT2D eigenvalue weighted by Gasteiger charge is 2.05. The van der Waals surface area contributed by atoms with Gasteiger partial charge in [0.15, 0.2) is 0 Å². The predicted molar refractivity (Wildman–Crippen MR) is 100.0 cm³/mol. The Morgan fingerprint density at radius 1 is 0.960 bits per heavy atom. The van der Waals surface area contributed by atoms with Gasteiger partial charge in [0.2, 0.25) is 5.91 Å². The maximum atomic E-state index is 11.8. The number of nitrogens with zero attached hydrogens (tertiary/aromatic N) is 1. The molecule has 1 amide bonds. The van der Waals surface area contributed by atoms with E-state index in [-0.39, 0.29) is 11.5 Å². The molecule has 6 heteroatoms. The predicted octanol–water partition coefficient (Wildman–Crippen LogP) is 2.97. The van der Waals surface area contributed by atoms with E-state index < -0.39 is 0 Å². The van der Waals surface area contributed by atoms with Gasteiger partial charge < -0.3 is 0 Å². The molecular formula is C19H28N4O2. The van der Waals surface area contributed by atoms with Crippen LogP contribution < -0.4 is 16.8 Å². The maximum Gasteiger partial charge on any atom is 0.272 e. The Morgan fingerprint density at radius 2 is 1.56 bits per heavy atom. The minimum atomic E-state index is -0.122. The van der Waals surface area contributed by atoms with Crippen molar-refractivity contribution in [2.75, 3.05) is 0 Å². The molecule has 6 nitrogen and oxygen atoms in total. The molecule has 25 heavy (non-hydrogen) atoms. The van der Waals surface area contributed by atoms with Crippen LogP contribution in [0.5, 0.6) is 0 Å². The smallest absolute Gasteiger partial charge is 0.272 e. The number of unbranched alkanes of at least 4 members (excludes halogenated alkanes) is 7. The van der Waals surface area contributed by atoms with Gasteiger partial charge in [0.05, 0.1) is 11.1 Å². The summed E-state index contributed by atoms with van der Waals surface area (Å²) in [5, 5.41) is 8.49. The molecule has 1 heterocycles. The number of aromatic amines is 1. The van der Waals surface area contributed by atoms with Gasteiger partial charge in [0.1, 0.15) is 0 Å². The van der Waals surface area contributed by atoms with Crippen LogP contribution in [0, 0.1) is 0 Å². The molecule has 1 aromatic heterocycles. The zero-order chi connectivity index (χ0) is 17.9. The van der Waals surface area contributed by atoms with Crippen molar-refractivity contribution in [2.45, 2.75) is 64.2 Å². The Kier molecular flexibility index (Phi) is 8.12. The molecule has 0 atom stereocenters. The van der Waals surface area contributed by atoms with Crippen molar-refractivity contribution < 1.29 is 4.79 Å². The molecule has 0 fully saturated rings. The van der Waals surface area contributed by atoms with Crippen LogP contribution in [0.3, 0.4) is 0 Å². The third-order valence-electron chi connectivity index (χ3n) is 4.50. The van der Waals surface area contributed by atoms with Crippen molar-refractivity contribution in [1.29, 1.82) is 0 Å². The number of nitrogens with two attached hydrogens (primary N) is 1. The molecule has 0 saturated heterocycles. The highest BCUT2D eigenvalue weighted by molar-refractivity contribution is 5.83. The fourth-order valence-electron chi connectivity index (χ4n) is 3.07. The van der Waals surface area contributed by atoms with Crippen LogP contribution in [0.25, 0.3) is 10.8 Å². The lowest BCUT2D eigenvalue weighted by molar-refractivity contribution is -0.121. The number of carbonyl (C=O) groups excluding carboxylic acids is 1. The lowest BCUT2D eigenvalue weighted by Crippen LogP contribution is -2.29. The van der Waals surface area contributed by atoms with Gasteiger partial charge in [-0.15, -0.1) is 0 Å². The number of nitrogens with one attached hydrogen (secondary N) is 2. The molecule has 0 spiro atoms. The second-order valence-electron chi connectivity index (χ2n) is 6.44. The number of aromatic nitrogens is 2. The standard InChI is InChI=1S/C19H28N4O2/c20-21-18(24)14-8-6-4-2-1-3-5-7-13-17-15-11-9-10-12-16(15)19(25)23-22-17/h9-12H,1-8,13-14,20H2,(H,21,24)(H,23,25). The largest absolute Gasteiger partial charge is 0.294 e. The number of amides is 1. The molecule has 0 aliphatic carbocycles. The zero-order valence-corrected chi connectivity index (χ0v) is 14.7. The second kappa shape index (κ2) is 10.6. The first-order valence-corrected chi connectivity index (χ1v) is 9.18. The molecule has 2 aromatic rings. The van der Waals surface area contributed by atoms with Gasteiger partial charge in [0.25, 0.3) is 5.56 Å². The summed E-state index contributed by atoms with van der Waals surface area (Å²) in [6.45, 7) is 0. The van der Waals surface area contributed by atoms with E-state index in [0.717, 1.165) is 42.1 Å². The lowest BCUT2D eigenvalue weighted by atomic mass is 10.0. The fourth-order valence-corrected chi connectivity index (χ4v) is 3.07. The quantitative estimate of drug-likeness (QED) is 0.252. The monoisotopic (exact) mass is 344 g/mol. The number of hydrogen-bond donors (Lipinski definition) is 3. The van der Waals surface area contributed by atoms with E-state index in [1.807, 2.05) is 24.3 Å². The first kappa shape index (κ1) is 19.1. The molecule has 2 rings (SSSR count). The Labute approximate surface area is 148 Å². The summed E-state index contributed by atoms with van der Waals surface area (Å²) in [4.78, 5) is 22.7. The normalized spacial score (nSPS) is 10.9. The Balaban J connectivity index is 1.59. The third kappa shape index (κ3) is 6.31. The topological polar surface area (TPSA) is 101 Å². The average Bonchev–Trinajstić information content (AvgIpc) is 2.64. The van der Waals surface area contributed by atoms with Crippen LogP contribution in [0.15, 0.2) is 29.1 Å². The minimum Gasteiger partial charge on any atom is -0.294 e. The number of fused-ring (bicyclic) bond motifs is 1. The summed E-state index contributed by atoms with van der Waals surface area (Å²) in [5.74, 6) is 4.96. The van der Waals surface area contributed by atoms with Crippen LogP contribution >= 0.6 is 0 Å². The molecule has 0 bridgehead atoms. The zero-order valence-electron chi connectivity index (χ0n) is 14.7. The van der Waals surface area contributed by atoms with E-state index in [2.05, 4.69) is 15.6 Å². The molecular weight excluding hydrogens is 316 g/mol. The fraction of sp³-hybridized carbons (Fsp3) is 0.526. The summed E-state index contributed by atoms with van der Waals surface area (Å²) in [5.41, 5.74) is 3.01. The van der Waals surface area contributed by atoms with Gasteiger partial charge in [-0.05, 0) is 25.3 Å². The van der Waals surface area contributed by atoms with E-state index in [9.17, 15) is 9.59 Å². The second-order valence-corrected chi connectivity index (χ2v) is 6.44. The van der Waals surface area contributed by atoms with Crippen LogP contribution in [0.4, 0.5) is 0 Å². The number of carbonyl (C=O) groups is 1. The van der Waals surface area contributed by atoms with Gasteiger partial charge in [-0.25, -0.2) is 10.9 Å². The third-order valence-corrected chi connectivity index (χ3v) is 4.50. The van der Waals surface area contributed by atoms with E-state index >= 15 is 0 Å². The van der Waals surface area contributed by atoms with Crippen LogP contribution in [-0.4, -0.2) is 16.1 Å². The molecule has 0 unspecified atom stereocenters. The molecule has 136 valence electrons. The Hall–Kier alpha value is -2.21. The summed E-state index contributed by atoms with van der Waals surface area (Å²) in [7, 11) is 0. The molecule has 4 N–H and O–H groups in total. The van der Waals surface area contributed by atoms with E-state index in [1.165, 1.54) is 32.1 Å². The minimum absolute atomic E-state index is 0.0802. The summed E-state index contributed by atoms with van der Waals surface area (Å²) in [6, 6.07) is 7.64. The highest BCUT2D eigenvalue weighted by atomic mass is 16.2. The number of hydrogen-bond acceptors (Lipinski definition) is 4. The highest BCUT2D eigenvalue weighted by Crippen LogP contribution is 2.16. The molecule has 1 aromatic carbocycles. The number of benzene rings is 1. The van der Waals surface area contributed by atoms with E-state index in [0.29, 0.717) is 6.42 Å². The van der Waals surface area contributed by atoms with Gasteiger partial charge in [-0.2, -0.15) is 5.10 Å². The average molecular weight is 344 g/mol. The summed E-state index contributed by atoms with van der Waals surface area (Å²) in [6.07, 6.45) is 10.5. The first-order valence-electron chi connectivity index (χ1n) is 9.18. The number of H-pyrrole nitrogens is 1. The maximum absolute atomic E-state index is 11.8. The van der Waals surface area contributed by atoms with Crippen LogP contribution in [-0.2, 0) is 11.2 Å². The van der Waals surface area contributed by atoms with Gasteiger partial charge >= 0.3 is 0 Å². The number of rotatable bonds is 11. The summed E-state index contributed by atoms with van der Waals surface area (Å²) >= 11 is 0. The van der Waals surface area contributed by atoms with Crippen molar-refractivity contribution in [3.8, 4) is 0 Å². The van der Waals surface area contributed by atoms with E-state index in [1.54, 1.807) is 0 Å². The molecule has 0 aliphatic heterocycles. The SMILES string of the molecule is NNC(=O)CCCCCCCCCCc1n[nH]c(=O)c2ccccc12. The van der Waals surface area contributed by atoms with E-state index in [4.69, 9.17) is 5.84 Å². The van der Waals surface area contributed by atoms with Crippen LogP contribution in [0.1, 0.15) is 63.5 Å². The molecule has 0 saturated carbocycles. The van der Waals surface area contributed by atoms with Crippen molar-refractivity contribution in [3.63, 3.8) is 0 Å². The Morgan fingerprint density at radius 3 is 2.24 bits per heavy atom. The number of hydrazine groups is 1. The first-order chi connectivity index (χ1) is 12.2. The van der Waals surface area contributed by atoms with Crippen molar-refractivity contribution in [1.82, 2.24) is 15.6 Å². The number of aryl methyl sites for hydroxylation is 1. The van der Waals surface area contributed by atoms with Gasteiger partial charge in [-0.3, -0.25) is 15.0 Å². The van der Waals surface area contributed by atoms with Crippen LogP contribution in [0.2, 0.25) is 0 Å². The lowest BCUT2D eigenvalue weighted by Gasteiger charge is -2.05. The molecule has 0 radical (unpaired) electrons. The molecule has 0 aliphatic rings. The van der Waals surface area contributed by atoms with Gasteiger partial charge in [0, 0.05) is 11.8 Å². The van der Waals surface area contributed by atoms with Crippen molar-refractivity contribution in [2.24, 2.45) is 5.84 Å². The summed E-state index contributed by atoms with van der Waals surface area (Å²) < 4.78 is 0. The van der Waals surface area contributed by atoms with Crippen molar-refractivity contribution >= 4 is 16.7 Å². The Bertz CT molecular complexity index is 727. The van der Waals surface area contributed by atoms with Gasteiger partial charge in [-0.1, -0.05) is 56.7 Å².